The Morgan fingerprint density at radius 2 is 2.09 bits per heavy atom. The highest BCUT2D eigenvalue weighted by Gasteiger charge is 2.40. The molecule has 2 aliphatic heterocycles. The average molecular weight is 347 g/mol. The molecule has 6 heteroatoms. The van der Waals surface area contributed by atoms with Crippen molar-refractivity contribution in [1.29, 1.82) is 0 Å². The molecular weight excluding hydrogens is 323 g/mol. The van der Waals surface area contributed by atoms with E-state index in [1.165, 1.54) is 24.9 Å². The van der Waals surface area contributed by atoms with Crippen LogP contribution in [-0.2, 0) is 6.54 Å². The normalized spacial score (nSPS) is 24.5. The van der Waals surface area contributed by atoms with Crippen LogP contribution in [0, 0.1) is 5.41 Å². The number of methoxy groups -OCH3 is 2. The molecule has 1 unspecified atom stereocenters. The number of nitrogens with one attached hydrogen (secondary N) is 1. The number of rotatable bonds is 4. The summed E-state index contributed by atoms with van der Waals surface area (Å²) in [5.41, 5.74) is 1.68. The van der Waals surface area contributed by atoms with Gasteiger partial charge in [-0.3, -0.25) is 4.90 Å². The van der Waals surface area contributed by atoms with Gasteiger partial charge < -0.3 is 14.8 Å². The van der Waals surface area contributed by atoms with Gasteiger partial charge in [0.05, 0.1) is 19.2 Å². The Kier molecular flexibility index (Phi) is 5.83. The van der Waals surface area contributed by atoms with E-state index in [1.807, 2.05) is 12.1 Å². The van der Waals surface area contributed by atoms with Gasteiger partial charge >= 0.3 is 0 Å². The summed E-state index contributed by atoms with van der Waals surface area (Å²) >= 11 is 6.29. The van der Waals surface area contributed by atoms with Crippen LogP contribution in [0.3, 0.4) is 0 Å². The summed E-state index contributed by atoms with van der Waals surface area (Å²) in [5.74, 6) is 1.32. The first-order chi connectivity index (χ1) is 10.2. The lowest BCUT2D eigenvalue weighted by Gasteiger charge is -2.23. The number of benzene rings is 1. The summed E-state index contributed by atoms with van der Waals surface area (Å²) in [7, 11) is 3.26. The third kappa shape index (κ3) is 3.46. The van der Waals surface area contributed by atoms with Crippen molar-refractivity contribution in [2.24, 2.45) is 5.41 Å². The first-order valence-electron chi connectivity index (χ1n) is 7.49. The zero-order valence-electron chi connectivity index (χ0n) is 13.2. The fraction of sp³-hybridized carbons (Fsp3) is 0.625. The Morgan fingerprint density at radius 1 is 1.27 bits per heavy atom. The third-order valence-corrected chi connectivity index (χ3v) is 5.03. The van der Waals surface area contributed by atoms with Crippen LogP contribution in [0.1, 0.15) is 18.4 Å². The van der Waals surface area contributed by atoms with Gasteiger partial charge in [0, 0.05) is 19.6 Å². The van der Waals surface area contributed by atoms with Gasteiger partial charge in [-0.15, -0.1) is 12.4 Å². The highest BCUT2D eigenvalue weighted by Crippen LogP contribution is 2.39. The Bertz CT molecular complexity index is 519. The van der Waals surface area contributed by atoms with Crippen LogP contribution >= 0.6 is 24.0 Å². The van der Waals surface area contributed by atoms with E-state index in [4.69, 9.17) is 21.1 Å². The molecule has 22 heavy (non-hydrogen) atoms. The predicted molar refractivity (Wildman–Crippen MR) is 91.6 cm³/mol. The highest BCUT2D eigenvalue weighted by atomic mass is 35.5. The summed E-state index contributed by atoms with van der Waals surface area (Å²) in [6, 6.07) is 4.02. The van der Waals surface area contributed by atoms with Crippen LogP contribution in [-0.4, -0.2) is 45.3 Å². The molecule has 1 N–H and O–H groups in total. The van der Waals surface area contributed by atoms with E-state index in [1.54, 1.807) is 14.2 Å². The standard InChI is InChI=1S/C16H23ClN2O2.ClH/c1-20-14-8-12(7-13(17)15(14)21-2)9-19-6-4-16(11-19)3-5-18-10-16;/h7-8,18H,3-6,9-11H2,1-2H3;1H. The molecule has 2 saturated heterocycles. The van der Waals surface area contributed by atoms with Gasteiger partial charge in [0.25, 0.3) is 0 Å². The van der Waals surface area contributed by atoms with Gasteiger partial charge in [0.1, 0.15) is 0 Å². The van der Waals surface area contributed by atoms with E-state index >= 15 is 0 Å². The SMILES string of the molecule is COc1cc(CN2CCC3(CCNC3)C2)cc(Cl)c1OC.Cl. The maximum absolute atomic E-state index is 6.29. The van der Waals surface area contributed by atoms with E-state index in [9.17, 15) is 0 Å². The number of halogens is 2. The van der Waals surface area contributed by atoms with E-state index in [2.05, 4.69) is 10.2 Å². The molecule has 0 saturated carbocycles. The minimum atomic E-state index is 0. The quantitative estimate of drug-likeness (QED) is 0.908. The number of hydrogen-bond acceptors (Lipinski definition) is 4. The van der Waals surface area contributed by atoms with Crippen LogP contribution in [0.5, 0.6) is 11.5 Å². The lowest BCUT2D eigenvalue weighted by Crippen LogP contribution is -2.28. The molecule has 124 valence electrons. The zero-order valence-corrected chi connectivity index (χ0v) is 14.7. The Labute approximate surface area is 143 Å². The molecule has 3 rings (SSSR count). The fourth-order valence-electron chi connectivity index (χ4n) is 3.63. The van der Waals surface area contributed by atoms with Crippen molar-refractivity contribution in [3.8, 4) is 11.5 Å². The first kappa shape index (κ1) is 17.7. The van der Waals surface area contributed by atoms with E-state index < -0.39 is 0 Å². The van der Waals surface area contributed by atoms with E-state index in [0.717, 1.165) is 26.2 Å². The maximum atomic E-state index is 6.29. The Balaban J connectivity index is 0.00000176. The molecule has 1 spiro atoms. The third-order valence-electron chi connectivity index (χ3n) is 4.75. The number of ether oxygens (including phenoxy) is 2. The fourth-order valence-corrected chi connectivity index (χ4v) is 3.94. The Morgan fingerprint density at radius 3 is 2.73 bits per heavy atom. The van der Waals surface area contributed by atoms with Gasteiger partial charge in [-0.1, -0.05) is 11.6 Å². The monoisotopic (exact) mass is 346 g/mol. The Hall–Kier alpha value is -0.680. The van der Waals surface area contributed by atoms with Crippen molar-refractivity contribution in [1.82, 2.24) is 10.2 Å². The van der Waals surface area contributed by atoms with Crippen LogP contribution in [0.15, 0.2) is 12.1 Å². The largest absolute Gasteiger partial charge is 0.493 e. The molecule has 2 aliphatic rings. The van der Waals surface area contributed by atoms with Crippen molar-refractivity contribution in [3.63, 3.8) is 0 Å². The number of likely N-dealkylation sites (tertiary alicyclic amines) is 1. The smallest absolute Gasteiger partial charge is 0.179 e. The summed E-state index contributed by atoms with van der Waals surface area (Å²) in [6.07, 6.45) is 2.59. The molecule has 0 amide bonds. The summed E-state index contributed by atoms with van der Waals surface area (Å²) in [5, 5.41) is 4.11. The minimum absolute atomic E-state index is 0. The summed E-state index contributed by atoms with van der Waals surface area (Å²) in [6.45, 7) is 5.58. The predicted octanol–water partition coefficient (Wildman–Crippen LogP) is 2.96. The van der Waals surface area contributed by atoms with Crippen molar-refractivity contribution in [2.45, 2.75) is 19.4 Å². The molecule has 2 heterocycles. The van der Waals surface area contributed by atoms with Gasteiger partial charge in [-0.25, -0.2) is 0 Å². The average Bonchev–Trinajstić information content (AvgIpc) is 3.09. The lowest BCUT2D eigenvalue weighted by molar-refractivity contribution is 0.268. The minimum Gasteiger partial charge on any atom is -0.493 e. The second kappa shape index (κ2) is 7.26. The molecule has 4 nitrogen and oxygen atoms in total. The van der Waals surface area contributed by atoms with Crippen molar-refractivity contribution < 1.29 is 9.47 Å². The molecule has 1 aromatic carbocycles. The zero-order chi connectivity index (χ0) is 14.9. The van der Waals surface area contributed by atoms with E-state index in [0.29, 0.717) is 21.9 Å². The highest BCUT2D eigenvalue weighted by molar-refractivity contribution is 6.32. The van der Waals surface area contributed by atoms with Crippen LogP contribution in [0.25, 0.3) is 0 Å². The van der Waals surface area contributed by atoms with Crippen LogP contribution in [0.4, 0.5) is 0 Å². The molecule has 0 radical (unpaired) electrons. The van der Waals surface area contributed by atoms with Crippen molar-refractivity contribution >= 4 is 24.0 Å². The summed E-state index contributed by atoms with van der Waals surface area (Å²) in [4.78, 5) is 2.52. The van der Waals surface area contributed by atoms with Crippen LogP contribution < -0.4 is 14.8 Å². The van der Waals surface area contributed by atoms with E-state index in [-0.39, 0.29) is 12.4 Å². The second-order valence-corrected chi connectivity index (χ2v) is 6.61. The van der Waals surface area contributed by atoms with Gasteiger partial charge in [-0.05, 0) is 49.0 Å². The topological polar surface area (TPSA) is 33.7 Å². The molecule has 0 aromatic heterocycles. The number of hydrogen-bond donors (Lipinski definition) is 1. The maximum Gasteiger partial charge on any atom is 0.179 e. The molecular formula is C16H24Cl2N2O2. The van der Waals surface area contributed by atoms with Gasteiger partial charge in [0.2, 0.25) is 0 Å². The second-order valence-electron chi connectivity index (χ2n) is 6.20. The first-order valence-corrected chi connectivity index (χ1v) is 7.87. The van der Waals surface area contributed by atoms with Crippen molar-refractivity contribution in [3.05, 3.63) is 22.7 Å². The van der Waals surface area contributed by atoms with Gasteiger partial charge in [0.15, 0.2) is 11.5 Å². The molecule has 1 atom stereocenters. The van der Waals surface area contributed by atoms with Crippen molar-refractivity contribution in [2.75, 3.05) is 40.4 Å². The van der Waals surface area contributed by atoms with Gasteiger partial charge in [-0.2, -0.15) is 0 Å². The van der Waals surface area contributed by atoms with Crippen LogP contribution in [0.2, 0.25) is 5.02 Å². The molecule has 0 bridgehead atoms. The molecule has 0 aliphatic carbocycles. The molecule has 2 fully saturated rings. The summed E-state index contributed by atoms with van der Waals surface area (Å²) < 4.78 is 10.7. The molecule has 1 aromatic rings. The number of nitrogens with zero attached hydrogens (tertiary/aromatic N) is 1. The lowest BCUT2D eigenvalue weighted by atomic mass is 9.86.